The molecule has 1 aliphatic carbocycles. The molecule has 0 radical (unpaired) electrons. The summed E-state index contributed by atoms with van der Waals surface area (Å²) >= 11 is 0. The number of ether oxygens (including phenoxy) is 2. The Balaban J connectivity index is 1.50. The van der Waals surface area contributed by atoms with Gasteiger partial charge in [-0.3, -0.25) is 14.6 Å². The Morgan fingerprint density at radius 2 is 1.83 bits per heavy atom. The molecule has 2 aliphatic rings. The highest BCUT2D eigenvalue weighted by Gasteiger charge is 2.45. The van der Waals surface area contributed by atoms with Crippen molar-refractivity contribution in [3.63, 3.8) is 0 Å². The molecule has 2 unspecified atom stereocenters. The highest BCUT2D eigenvalue weighted by molar-refractivity contribution is 6.11. The molecule has 184 valence electrons. The fraction of sp³-hybridized carbons (Fsp3) is 0.310. The molecule has 1 saturated carbocycles. The quantitative estimate of drug-likeness (QED) is 0.364. The number of Topliss-reactive ketones (excluding diaryl/α,β-unsaturated/α-hetero) is 1. The van der Waals surface area contributed by atoms with Gasteiger partial charge in [0.15, 0.2) is 5.43 Å². The van der Waals surface area contributed by atoms with Gasteiger partial charge >= 0.3 is 5.97 Å². The molecule has 0 saturated heterocycles. The van der Waals surface area contributed by atoms with Gasteiger partial charge in [-0.25, -0.2) is 4.79 Å². The lowest BCUT2D eigenvalue weighted by Crippen LogP contribution is -2.40. The van der Waals surface area contributed by atoms with Crippen LogP contribution >= 0.6 is 0 Å². The van der Waals surface area contributed by atoms with Gasteiger partial charge < -0.3 is 13.9 Å². The number of rotatable bonds is 6. The summed E-state index contributed by atoms with van der Waals surface area (Å²) in [7, 11) is 0. The molecule has 0 spiro atoms. The molecule has 0 N–H and O–H groups in total. The summed E-state index contributed by atoms with van der Waals surface area (Å²) in [5.74, 6) is -1.46. The summed E-state index contributed by atoms with van der Waals surface area (Å²) in [6.07, 6.45) is 3.12. The fourth-order valence-electron chi connectivity index (χ4n) is 5.08. The molecular formula is C29H27NO6. The lowest BCUT2D eigenvalue weighted by atomic mass is 9.69. The van der Waals surface area contributed by atoms with Crippen LogP contribution in [0.5, 0.6) is 5.75 Å². The molecule has 1 aliphatic heterocycles. The first-order chi connectivity index (χ1) is 17.4. The van der Waals surface area contributed by atoms with E-state index in [1.54, 1.807) is 19.1 Å². The van der Waals surface area contributed by atoms with E-state index < -0.39 is 17.8 Å². The average Bonchev–Trinajstić information content (AvgIpc) is 2.87. The largest absolute Gasteiger partial charge is 0.490 e. The van der Waals surface area contributed by atoms with Gasteiger partial charge in [0.1, 0.15) is 30.3 Å². The molecule has 7 nitrogen and oxygen atoms in total. The first-order valence-electron chi connectivity index (χ1n) is 12.1. The third kappa shape index (κ3) is 4.49. The SMILES string of the molecule is CC1=C(C(=O)OCCOc2ccccc2)C(c2coc3ccc(C)cc3c2=O)C2C(=O)CCCC2=N1. The van der Waals surface area contributed by atoms with Gasteiger partial charge in [0, 0.05) is 29.3 Å². The van der Waals surface area contributed by atoms with Gasteiger partial charge in [0.05, 0.1) is 23.1 Å². The second-order valence-corrected chi connectivity index (χ2v) is 9.19. The highest BCUT2D eigenvalue weighted by Crippen LogP contribution is 2.42. The van der Waals surface area contributed by atoms with Crippen LogP contribution in [0, 0.1) is 12.8 Å². The number of nitrogens with zero attached hydrogens (tertiary/aromatic N) is 1. The maximum Gasteiger partial charge on any atom is 0.336 e. The normalized spacial score (nSPS) is 19.6. The van der Waals surface area contributed by atoms with E-state index in [4.69, 9.17) is 13.9 Å². The van der Waals surface area contributed by atoms with Crippen LogP contribution in [0.25, 0.3) is 11.0 Å². The Bertz CT molecular complexity index is 1450. The Morgan fingerprint density at radius 1 is 1.03 bits per heavy atom. The molecular weight excluding hydrogens is 458 g/mol. The Hall–Kier alpha value is -4.00. The number of carbonyl (C=O) groups is 2. The fourth-order valence-corrected chi connectivity index (χ4v) is 5.08. The predicted molar refractivity (Wildman–Crippen MR) is 135 cm³/mol. The van der Waals surface area contributed by atoms with Crippen LogP contribution in [0.2, 0.25) is 0 Å². The second kappa shape index (κ2) is 9.93. The van der Waals surface area contributed by atoms with Crippen LogP contribution in [0.4, 0.5) is 0 Å². The van der Waals surface area contributed by atoms with Crippen molar-refractivity contribution in [2.75, 3.05) is 13.2 Å². The van der Waals surface area contributed by atoms with Crippen LogP contribution in [0.1, 0.15) is 43.2 Å². The van der Waals surface area contributed by atoms with Gasteiger partial charge in [0.25, 0.3) is 0 Å². The minimum Gasteiger partial charge on any atom is -0.490 e. The minimum absolute atomic E-state index is 0.0118. The van der Waals surface area contributed by atoms with Gasteiger partial charge in [-0.05, 0) is 51.0 Å². The third-order valence-corrected chi connectivity index (χ3v) is 6.75. The number of allylic oxidation sites excluding steroid dienone is 1. The molecule has 0 amide bonds. The van der Waals surface area contributed by atoms with E-state index in [0.29, 0.717) is 47.4 Å². The van der Waals surface area contributed by atoms with E-state index in [2.05, 4.69) is 4.99 Å². The van der Waals surface area contributed by atoms with Crippen molar-refractivity contribution >= 4 is 28.4 Å². The summed E-state index contributed by atoms with van der Waals surface area (Å²) < 4.78 is 17.0. The van der Waals surface area contributed by atoms with Gasteiger partial charge in [-0.2, -0.15) is 0 Å². The Kier molecular flexibility index (Phi) is 6.55. The number of carbonyl (C=O) groups excluding carboxylic acids is 2. The number of ketones is 1. The maximum atomic E-state index is 13.6. The monoisotopic (exact) mass is 485 g/mol. The number of benzene rings is 2. The van der Waals surface area contributed by atoms with Gasteiger partial charge in [-0.15, -0.1) is 0 Å². The van der Waals surface area contributed by atoms with E-state index >= 15 is 0 Å². The molecule has 3 aromatic rings. The number of aliphatic imine (C=N–C) groups is 1. The third-order valence-electron chi connectivity index (χ3n) is 6.75. The molecule has 2 aromatic carbocycles. The predicted octanol–water partition coefficient (Wildman–Crippen LogP) is 4.91. The van der Waals surface area contributed by atoms with Crippen molar-refractivity contribution in [2.24, 2.45) is 10.9 Å². The number of aryl methyl sites for hydroxylation is 1. The summed E-state index contributed by atoms with van der Waals surface area (Å²) in [5.41, 5.74) is 2.77. The molecule has 1 aromatic heterocycles. The van der Waals surface area contributed by atoms with Crippen LogP contribution < -0.4 is 10.2 Å². The van der Waals surface area contributed by atoms with Crippen molar-refractivity contribution in [3.8, 4) is 5.75 Å². The molecule has 36 heavy (non-hydrogen) atoms. The van der Waals surface area contributed by atoms with E-state index in [-0.39, 0.29) is 35.6 Å². The minimum atomic E-state index is -0.811. The van der Waals surface area contributed by atoms with E-state index in [0.717, 1.165) is 5.56 Å². The summed E-state index contributed by atoms with van der Waals surface area (Å²) in [6.45, 7) is 3.80. The zero-order valence-corrected chi connectivity index (χ0v) is 20.3. The number of para-hydroxylation sites is 1. The molecule has 5 rings (SSSR count). The first kappa shape index (κ1) is 23.7. The number of hydrogen-bond donors (Lipinski definition) is 0. The molecule has 0 bridgehead atoms. The smallest absolute Gasteiger partial charge is 0.336 e. The van der Waals surface area contributed by atoms with Crippen molar-refractivity contribution in [2.45, 2.75) is 39.0 Å². The van der Waals surface area contributed by atoms with Crippen LogP contribution in [0.3, 0.4) is 0 Å². The maximum absolute atomic E-state index is 13.6. The first-order valence-corrected chi connectivity index (χ1v) is 12.1. The molecule has 7 heteroatoms. The zero-order valence-electron chi connectivity index (χ0n) is 20.3. The lowest BCUT2D eigenvalue weighted by molar-refractivity contribution is -0.140. The number of fused-ring (bicyclic) bond motifs is 2. The van der Waals surface area contributed by atoms with Crippen LogP contribution in [-0.4, -0.2) is 30.7 Å². The summed E-state index contributed by atoms with van der Waals surface area (Å²) in [6, 6.07) is 14.6. The summed E-state index contributed by atoms with van der Waals surface area (Å²) in [5, 5.41) is 0.418. The van der Waals surface area contributed by atoms with Gasteiger partial charge in [-0.1, -0.05) is 29.8 Å². The topological polar surface area (TPSA) is 95.2 Å². The van der Waals surface area contributed by atoms with Crippen molar-refractivity contribution in [3.05, 3.63) is 87.4 Å². The zero-order chi connectivity index (χ0) is 25.2. The van der Waals surface area contributed by atoms with Crippen molar-refractivity contribution in [1.29, 1.82) is 0 Å². The average molecular weight is 486 g/mol. The number of esters is 1. The molecule has 2 heterocycles. The number of hydrogen-bond acceptors (Lipinski definition) is 7. The van der Waals surface area contributed by atoms with Crippen LogP contribution in [-0.2, 0) is 14.3 Å². The second-order valence-electron chi connectivity index (χ2n) is 9.19. The lowest BCUT2D eigenvalue weighted by Gasteiger charge is -2.35. The highest BCUT2D eigenvalue weighted by atomic mass is 16.6. The standard InChI is InChI=1S/C29H27NO6/c1-17-11-12-24-20(15-17)28(32)21(16-36-24)26-25(18(2)30-22-9-6-10-23(31)27(22)26)29(33)35-14-13-34-19-7-4-3-5-8-19/h3-5,7-8,11-12,15-16,26-27H,6,9-10,13-14H2,1-2H3. The van der Waals surface area contributed by atoms with Crippen molar-refractivity contribution in [1.82, 2.24) is 0 Å². The van der Waals surface area contributed by atoms with E-state index in [1.165, 1.54) is 6.26 Å². The molecule has 1 fully saturated rings. The van der Waals surface area contributed by atoms with E-state index in [1.807, 2.05) is 43.3 Å². The van der Waals surface area contributed by atoms with Crippen molar-refractivity contribution < 1.29 is 23.5 Å². The summed E-state index contributed by atoms with van der Waals surface area (Å²) in [4.78, 5) is 44.8. The van der Waals surface area contributed by atoms with E-state index in [9.17, 15) is 14.4 Å². The van der Waals surface area contributed by atoms with Gasteiger partial charge in [0.2, 0.25) is 0 Å². The van der Waals surface area contributed by atoms with Crippen LogP contribution in [0.15, 0.2) is 80.3 Å². The Labute approximate surface area is 208 Å². The molecule has 2 atom stereocenters. The Morgan fingerprint density at radius 3 is 2.64 bits per heavy atom.